The normalized spacial score (nSPS) is 50.2. The summed E-state index contributed by atoms with van der Waals surface area (Å²) in [5.41, 5.74) is 0.677. The van der Waals surface area contributed by atoms with E-state index in [4.69, 9.17) is 9.47 Å². The van der Waals surface area contributed by atoms with Crippen LogP contribution in [0.1, 0.15) is 79.1 Å². The fourth-order valence-electron chi connectivity index (χ4n) is 10.3. The van der Waals surface area contributed by atoms with Crippen LogP contribution >= 0.6 is 0 Å². The van der Waals surface area contributed by atoms with E-state index in [-0.39, 0.29) is 59.0 Å². The summed E-state index contributed by atoms with van der Waals surface area (Å²) in [4.78, 5) is 0. The Labute approximate surface area is 255 Å². The lowest BCUT2D eigenvalue weighted by Gasteiger charge is -2.60. The van der Waals surface area contributed by atoms with Gasteiger partial charge in [0, 0.05) is 6.61 Å². The third-order valence-electron chi connectivity index (χ3n) is 12.7. The van der Waals surface area contributed by atoms with Crippen molar-refractivity contribution >= 4 is 0 Å². The Bertz CT molecular complexity index is 991. The van der Waals surface area contributed by atoms with E-state index >= 15 is 0 Å². The second-order valence-electron chi connectivity index (χ2n) is 15.3. The summed E-state index contributed by atoms with van der Waals surface area (Å²) in [6.45, 7) is 8.04. The van der Waals surface area contributed by atoms with Crippen molar-refractivity contribution in [2.75, 3.05) is 13.2 Å². The Morgan fingerprint density at radius 1 is 1.00 bits per heavy atom. The molecule has 0 radical (unpaired) electrons. The van der Waals surface area contributed by atoms with Crippen LogP contribution in [-0.4, -0.2) is 109 Å². The molecule has 1 aliphatic heterocycles. The molecule has 17 atom stereocenters. The largest absolute Gasteiger partial charge is 0.396 e. The number of hydrogen-bond donors (Lipinski definition) is 8. The van der Waals surface area contributed by atoms with E-state index in [1.165, 1.54) is 5.57 Å². The van der Waals surface area contributed by atoms with Gasteiger partial charge in [-0.2, -0.15) is 0 Å². The highest BCUT2D eigenvalue weighted by Gasteiger charge is 2.64. The first-order valence-corrected chi connectivity index (χ1v) is 16.6. The summed E-state index contributed by atoms with van der Waals surface area (Å²) in [5, 5.41) is 84.1. The van der Waals surface area contributed by atoms with Gasteiger partial charge in [-0.1, -0.05) is 39.3 Å². The van der Waals surface area contributed by atoms with Crippen molar-refractivity contribution in [2.45, 2.75) is 134 Å². The Hall–Kier alpha value is -0.660. The fraction of sp³-hybridized carbons (Fsp3) is 0.939. The molecule has 0 bridgehead atoms. The molecule has 3 saturated carbocycles. The van der Waals surface area contributed by atoms with Crippen LogP contribution in [0.4, 0.5) is 0 Å². The van der Waals surface area contributed by atoms with Crippen molar-refractivity contribution in [1.29, 1.82) is 0 Å². The molecule has 1 heterocycles. The lowest BCUT2D eigenvalue weighted by atomic mass is 9.46. The van der Waals surface area contributed by atoms with Gasteiger partial charge in [-0.15, -0.1) is 0 Å². The molecule has 5 aliphatic rings. The van der Waals surface area contributed by atoms with E-state index in [0.29, 0.717) is 32.1 Å². The van der Waals surface area contributed by atoms with Gasteiger partial charge in [-0.3, -0.25) is 0 Å². The van der Waals surface area contributed by atoms with Gasteiger partial charge >= 0.3 is 0 Å². The number of aliphatic hydroxyl groups excluding tert-OH is 8. The number of hydrogen-bond acceptors (Lipinski definition) is 10. The first kappa shape index (κ1) is 33.7. The van der Waals surface area contributed by atoms with Crippen molar-refractivity contribution < 1.29 is 50.3 Å². The Balaban J connectivity index is 1.30. The molecular formula is C33H56O10. The average Bonchev–Trinajstić information content (AvgIpc) is 3.24. The molecule has 5 rings (SSSR count). The molecule has 0 aromatic rings. The summed E-state index contributed by atoms with van der Waals surface area (Å²) in [5.74, 6) is 0.356. The van der Waals surface area contributed by atoms with Gasteiger partial charge in [0.25, 0.3) is 0 Å². The zero-order valence-electron chi connectivity index (χ0n) is 26.2. The molecule has 0 amide bonds. The first-order chi connectivity index (χ1) is 20.3. The van der Waals surface area contributed by atoms with Crippen molar-refractivity contribution in [2.24, 2.45) is 46.3 Å². The minimum absolute atomic E-state index is 0.0374. The maximum atomic E-state index is 11.9. The number of allylic oxidation sites excluding steroid dienone is 1. The van der Waals surface area contributed by atoms with E-state index < -0.39 is 55.6 Å². The quantitative estimate of drug-likeness (QED) is 0.176. The highest BCUT2D eigenvalue weighted by atomic mass is 16.7. The predicted octanol–water partition coefficient (Wildman–Crippen LogP) is 1.10. The van der Waals surface area contributed by atoms with E-state index in [1.54, 1.807) is 0 Å². The van der Waals surface area contributed by atoms with Gasteiger partial charge in [-0.05, 0) is 97.7 Å². The Kier molecular flexibility index (Phi) is 10.1. The summed E-state index contributed by atoms with van der Waals surface area (Å²) in [7, 11) is 0. The van der Waals surface area contributed by atoms with E-state index in [0.717, 1.165) is 19.3 Å². The zero-order chi connectivity index (χ0) is 31.4. The summed E-state index contributed by atoms with van der Waals surface area (Å²) < 4.78 is 11.7. The van der Waals surface area contributed by atoms with Gasteiger partial charge in [0.15, 0.2) is 6.29 Å². The van der Waals surface area contributed by atoms with Gasteiger partial charge < -0.3 is 50.3 Å². The minimum Gasteiger partial charge on any atom is -0.396 e. The van der Waals surface area contributed by atoms with Crippen LogP contribution in [0.15, 0.2) is 11.6 Å². The van der Waals surface area contributed by atoms with Crippen molar-refractivity contribution in [3.63, 3.8) is 0 Å². The fourth-order valence-corrected chi connectivity index (χ4v) is 10.3. The standard InChI is InChI=1S/C33H56O10/c1-16(14-34)5-8-22(36)17(2)26-23(37)12-21-20-7-6-18-11-19(42-31-30(41)29(40)28(39)25(15-35)43-31)9-10-32(18,3)27(20)24(38)13-33(21,26)4/h6,16-17,19-31,34-41H,5,7-15H2,1-4H3/t16-,17-,19+,20+,21+,22+,23+,24-,25-,26+,27-,28-,29+,30-,31-,32+,33+/m1/s1. The molecule has 4 aliphatic carbocycles. The molecule has 0 aromatic heterocycles. The maximum Gasteiger partial charge on any atom is 0.186 e. The summed E-state index contributed by atoms with van der Waals surface area (Å²) in [6, 6.07) is 0. The van der Waals surface area contributed by atoms with Crippen LogP contribution in [0.5, 0.6) is 0 Å². The molecule has 4 fully saturated rings. The minimum atomic E-state index is -1.48. The Morgan fingerprint density at radius 3 is 2.40 bits per heavy atom. The molecule has 0 aromatic carbocycles. The van der Waals surface area contributed by atoms with Crippen molar-refractivity contribution in [3.8, 4) is 0 Å². The molecule has 10 nitrogen and oxygen atoms in total. The van der Waals surface area contributed by atoms with Crippen LogP contribution < -0.4 is 0 Å². The molecule has 8 N–H and O–H groups in total. The average molecular weight is 613 g/mol. The summed E-state index contributed by atoms with van der Waals surface area (Å²) in [6.07, 6.45) is -0.787. The molecule has 43 heavy (non-hydrogen) atoms. The number of aliphatic hydroxyl groups is 8. The van der Waals surface area contributed by atoms with E-state index in [2.05, 4.69) is 19.9 Å². The predicted molar refractivity (Wildman–Crippen MR) is 157 cm³/mol. The molecule has 0 unspecified atom stereocenters. The topological polar surface area (TPSA) is 180 Å². The first-order valence-electron chi connectivity index (χ1n) is 16.6. The maximum absolute atomic E-state index is 11.9. The summed E-state index contributed by atoms with van der Waals surface area (Å²) >= 11 is 0. The molecule has 0 spiro atoms. The van der Waals surface area contributed by atoms with Crippen molar-refractivity contribution in [3.05, 3.63) is 11.6 Å². The lowest BCUT2D eigenvalue weighted by molar-refractivity contribution is -0.313. The van der Waals surface area contributed by atoms with Gasteiger partial charge in [-0.25, -0.2) is 0 Å². The molecular weight excluding hydrogens is 556 g/mol. The third kappa shape index (κ3) is 5.88. The Morgan fingerprint density at radius 2 is 1.72 bits per heavy atom. The van der Waals surface area contributed by atoms with Crippen LogP contribution in [0, 0.1) is 46.3 Å². The second kappa shape index (κ2) is 12.9. The van der Waals surface area contributed by atoms with Gasteiger partial charge in [0.2, 0.25) is 0 Å². The van der Waals surface area contributed by atoms with Gasteiger partial charge in [0.05, 0.1) is 31.0 Å². The van der Waals surface area contributed by atoms with Crippen molar-refractivity contribution in [1.82, 2.24) is 0 Å². The smallest absolute Gasteiger partial charge is 0.186 e. The SMILES string of the molecule is C[C@@H](CO)CC[C@H](O)[C@@H](C)[C@H]1[C@@H](O)C[C@H]2[C@@H]3CC=C4C[C@@H](O[C@@H]5O[C@H](CO)[C@@H](O)[C@H](O)[C@H]5O)CC[C@]4(C)[C@H]3[C@H](O)C[C@]12C. The highest BCUT2D eigenvalue weighted by molar-refractivity contribution is 5.27. The van der Waals surface area contributed by atoms with E-state index in [9.17, 15) is 40.9 Å². The lowest BCUT2D eigenvalue weighted by Crippen LogP contribution is -2.60. The monoisotopic (exact) mass is 612 g/mol. The van der Waals surface area contributed by atoms with Crippen LogP contribution in [0.2, 0.25) is 0 Å². The molecule has 1 saturated heterocycles. The molecule has 10 heteroatoms. The van der Waals surface area contributed by atoms with Gasteiger partial charge in [0.1, 0.15) is 24.4 Å². The van der Waals surface area contributed by atoms with Crippen LogP contribution in [-0.2, 0) is 9.47 Å². The zero-order valence-corrected chi connectivity index (χ0v) is 26.2. The highest BCUT2D eigenvalue weighted by Crippen LogP contribution is 2.67. The number of fused-ring (bicyclic) bond motifs is 5. The molecule has 248 valence electrons. The van der Waals surface area contributed by atoms with Crippen LogP contribution in [0.3, 0.4) is 0 Å². The van der Waals surface area contributed by atoms with Crippen LogP contribution in [0.25, 0.3) is 0 Å². The second-order valence-corrected chi connectivity index (χ2v) is 15.3. The third-order valence-corrected chi connectivity index (χ3v) is 12.7. The number of rotatable bonds is 9. The van der Waals surface area contributed by atoms with E-state index in [1.807, 2.05) is 13.8 Å². The number of ether oxygens (including phenoxy) is 2.